The highest BCUT2D eigenvalue weighted by Crippen LogP contribution is 2.42. The van der Waals surface area contributed by atoms with Crippen LogP contribution in [0, 0.1) is 0 Å². The van der Waals surface area contributed by atoms with Crippen LogP contribution in [0.4, 0.5) is 0 Å². The molecule has 0 radical (unpaired) electrons. The predicted molar refractivity (Wildman–Crippen MR) is 228 cm³/mol. The lowest BCUT2D eigenvalue weighted by molar-refractivity contribution is 1.11. The van der Waals surface area contributed by atoms with Gasteiger partial charge in [0.2, 0.25) is 0 Å². The fourth-order valence-corrected chi connectivity index (χ4v) is 9.44. The zero-order chi connectivity index (χ0) is 35.3. The lowest BCUT2D eigenvalue weighted by atomic mass is 9.98. The summed E-state index contributed by atoms with van der Waals surface area (Å²) in [6.45, 7) is 0. The van der Waals surface area contributed by atoms with Gasteiger partial charge in [-0.1, -0.05) is 127 Å². The van der Waals surface area contributed by atoms with Crippen LogP contribution >= 0.6 is 11.3 Å². The van der Waals surface area contributed by atoms with Crippen molar-refractivity contribution in [3.63, 3.8) is 0 Å². The summed E-state index contributed by atoms with van der Waals surface area (Å²) in [6.07, 6.45) is 0. The standard InChI is InChI=1S/C49H28N4S/c1-2-12-31-26-34(21-20-29(31)10-1)45-46(52-49-47(51-45)39-16-7-8-19-43(39)54-49)37-17-9-18-41-36(37)24-25-44(50-41)53-42-28-33-14-4-3-13-32(33)27-40(42)38-23-22-30-11-5-6-15-35(30)48(38)53/h1-28H. The summed E-state index contributed by atoms with van der Waals surface area (Å²) in [6, 6.07) is 60.7. The van der Waals surface area contributed by atoms with Crippen LogP contribution < -0.4 is 0 Å². The summed E-state index contributed by atoms with van der Waals surface area (Å²) in [7, 11) is 0. The first-order chi connectivity index (χ1) is 26.7. The third-order valence-electron chi connectivity index (χ3n) is 11.0. The van der Waals surface area contributed by atoms with E-state index in [1.54, 1.807) is 11.3 Å². The lowest BCUT2D eigenvalue weighted by Crippen LogP contribution is -1.99. The summed E-state index contributed by atoms with van der Waals surface area (Å²) in [5, 5.41) is 11.8. The van der Waals surface area contributed by atoms with Crippen LogP contribution in [0.5, 0.6) is 0 Å². The monoisotopic (exact) mass is 704 g/mol. The zero-order valence-electron chi connectivity index (χ0n) is 28.9. The van der Waals surface area contributed by atoms with Gasteiger partial charge in [0.1, 0.15) is 16.2 Å². The van der Waals surface area contributed by atoms with E-state index < -0.39 is 0 Å². The number of pyridine rings is 1. The van der Waals surface area contributed by atoms with Crippen molar-refractivity contribution < 1.29 is 0 Å². The summed E-state index contributed by atoms with van der Waals surface area (Å²) < 4.78 is 3.54. The van der Waals surface area contributed by atoms with Gasteiger partial charge < -0.3 is 0 Å². The second kappa shape index (κ2) is 11.3. The molecule has 4 aromatic heterocycles. The van der Waals surface area contributed by atoms with Crippen molar-refractivity contribution in [1.29, 1.82) is 0 Å². The number of hydrogen-bond donors (Lipinski definition) is 0. The average molecular weight is 705 g/mol. The van der Waals surface area contributed by atoms with Crippen molar-refractivity contribution in [2.75, 3.05) is 0 Å². The Balaban J connectivity index is 1.12. The van der Waals surface area contributed by atoms with E-state index >= 15 is 0 Å². The summed E-state index contributed by atoms with van der Waals surface area (Å²) >= 11 is 1.69. The van der Waals surface area contributed by atoms with E-state index in [4.69, 9.17) is 15.0 Å². The van der Waals surface area contributed by atoms with E-state index in [1.165, 1.54) is 53.3 Å². The van der Waals surface area contributed by atoms with Gasteiger partial charge in [0, 0.05) is 42.8 Å². The van der Waals surface area contributed by atoms with Crippen LogP contribution in [0.3, 0.4) is 0 Å². The molecule has 0 bridgehead atoms. The molecular formula is C49H28N4S. The smallest absolute Gasteiger partial charge is 0.143 e. The van der Waals surface area contributed by atoms with Crippen LogP contribution in [-0.4, -0.2) is 19.5 Å². The Labute approximate surface area is 313 Å². The second-order valence-electron chi connectivity index (χ2n) is 14.0. The minimum Gasteiger partial charge on any atom is -0.293 e. The van der Waals surface area contributed by atoms with Crippen LogP contribution in [0.15, 0.2) is 170 Å². The fraction of sp³-hybridized carbons (Fsp3) is 0. The van der Waals surface area contributed by atoms with Gasteiger partial charge in [-0.05, 0) is 69.4 Å². The Hall–Kier alpha value is -6.95. The number of fused-ring (bicyclic) bond motifs is 11. The molecule has 250 valence electrons. The molecule has 8 aromatic carbocycles. The third kappa shape index (κ3) is 4.33. The lowest BCUT2D eigenvalue weighted by Gasteiger charge is -2.14. The van der Waals surface area contributed by atoms with Gasteiger partial charge in [-0.3, -0.25) is 4.57 Å². The van der Waals surface area contributed by atoms with Crippen molar-refractivity contribution in [3.05, 3.63) is 170 Å². The Morgan fingerprint density at radius 2 is 1.13 bits per heavy atom. The van der Waals surface area contributed by atoms with E-state index in [-0.39, 0.29) is 0 Å². The summed E-state index contributed by atoms with van der Waals surface area (Å²) in [5.74, 6) is 0.882. The number of thiophene rings is 1. The molecular weight excluding hydrogens is 677 g/mol. The number of aromatic nitrogens is 4. The van der Waals surface area contributed by atoms with Gasteiger partial charge >= 0.3 is 0 Å². The maximum absolute atomic E-state index is 5.45. The Morgan fingerprint density at radius 3 is 2.00 bits per heavy atom. The Kier molecular flexibility index (Phi) is 6.18. The maximum atomic E-state index is 5.45. The second-order valence-corrected chi connectivity index (χ2v) is 15.0. The normalized spacial score (nSPS) is 12.1. The van der Waals surface area contributed by atoms with Crippen molar-refractivity contribution in [1.82, 2.24) is 19.5 Å². The van der Waals surface area contributed by atoms with Gasteiger partial charge in [-0.2, -0.15) is 0 Å². The van der Waals surface area contributed by atoms with E-state index in [1.807, 2.05) is 0 Å². The highest BCUT2D eigenvalue weighted by Gasteiger charge is 2.21. The molecule has 0 amide bonds. The van der Waals surface area contributed by atoms with Gasteiger partial charge in [-0.25, -0.2) is 15.0 Å². The third-order valence-corrected chi connectivity index (χ3v) is 12.0. The fourth-order valence-electron chi connectivity index (χ4n) is 8.42. The van der Waals surface area contributed by atoms with Gasteiger partial charge in [0.15, 0.2) is 0 Å². The quantitative estimate of drug-likeness (QED) is 0.184. The SMILES string of the molecule is c1ccc2cc(-c3nc4c(nc3-c3cccc5nc(-n6c7cc8ccccc8cc7c7ccc8ccccc8c76)ccc35)sc3ccccc34)ccc2c1. The first kappa shape index (κ1) is 29.6. The molecule has 0 saturated carbocycles. The van der Waals surface area contributed by atoms with Gasteiger partial charge in [-0.15, -0.1) is 11.3 Å². The first-order valence-electron chi connectivity index (χ1n) is 18.2. The molecule has 0 N–H and O–H groups in total. The number of rotatable bonds is 3. The van der Waals surface area contributed by atoms with E-state index in [2.05, 4.69) is 174 Å². The minimum absolute atomic E-state index is 0.860. The largest absolute Gasteiger partial charge is 0.293 e. The Bertz CT molecular complexity index is 3520. The van der Waals surface area contributed by atoms with Crippen molar-refractivity contribution in [2.45, 2.75) is 0 Å². The number of hydrogen-bond acceptors (Lipinski definition) is 4. The van der Waals surface area contributed by atoms with Crippen LogP contribution in [0.25, 0.3) is 114 Å². The van der Waals surface area contributed by atoms with Crippen LogP contribution in [0.1, 0.15) is 0 Å². The molecule has 0 aliphatic rings. The molecule has 12 aromatic rings. The van der Waals surface area contributed by atoms with Crippen LogP contribution in [-0.2, 0) is 0 Å². The van der Waals surface area contributed by atoms with E-state index in [9.17, 15) is 0 Å². The van der Waals surface area contributed by atoms with E-state index in [0.717, 1.165) is 60.5 Å². The number of nitrogens with zero attached hydrogens (tertiary/aromatic N) is 4. The highest BCUT2D eigenvalue weighted by atomic mass is 32.1. The van der Waals surface area contributed by atoms with Gasteiger partial charge in [0.05, 0.1) is 27.9 Å². The van der Waals surface area contributed by atoms with Crippen LogP contribution in [0.2, 0.25) is 0 Å². The Morgan fingerprint density at radius 1 is 0.426 bits per heavy atom. The molecule has 4 heterocycles. The summed E-state index contributed by atoms with van der Waals surface area (Å²) in [5.41, 5.74) is 7.94. The molecule has 0 atom stereocenters. The highest BCUT2D eigenvalue weighted by molar-refractivity contribution is 7.25. The first-order valence-corrected chi connectivity index (χ1v) is 19.0. The predicted octanol–water partition coefficient (Wildman–Crippen LogP) is 13.3. The summed E-state index contributed by atoms with van der Waals surface area (Å²) in [4.78, 5) is 17.2. The molecule has 0 saturated heterocycles. The molecule has 54 heavy (non-hydrogen) atoms. The molecule has 0 unspecified atom stereocenters. The van der Waals surface area contributed by atoms with Crippen molar-refractivity contribution in [2.24, 2.45) is 0 Å². The zero-order valence-corrected chi connectivity index (χ0v) is 29.7. The van der Waals surface area contributed by atoms with E-state index in [0.29, 0.717) is 0 Å². The molecule has 5 heteroatoms. The maximum Gasteiger partial charge on any atom is 0.143 e. The van der Waals surface area contributed by atoms with Crippen molar-refractivity contribution in [3.8, 4) is 28.3 Å². The molecule has 12 rings (SSSR count). The average Bonchev–Trinajstić information content (AvgIpc) is 3.76. The molecule has 4 nitrogen and oxygen atoms in total. The molecule has 0 spiro atoms. The minimum atomic E-state index is 0.860. The molecule has 0 aliphatic heterocycles. The number of benzene rings is 8. The molecule has 0 fully saturated rings. The van der Waals surface area contributed by atoms with Gasteiger partial charge in [0.25, 0.3) is 0 Å². The molecule has 0 aliphatic carbocycles. The topological polar surface area (TPSA) is 43.6 Å². The van der Waals surface area contributed by atoms with Crippen molar-refractivity contribution >= 4 is 96.8 Å².